The van der Waals surface area contributed by atoms with Crippen LogP contribution in [0.4, 0.5) is 15.4 Å². The number of aromatic nitrogens is 2. The van der Waals surface area contributed by atoms with Gasteiger partial charge in [0, 0.05) is 38.9 Å². The van der Waals surface area contributed by atoms with Crippen LogP contribution < -0.4 is 119 Å². The molecule has 1 aliphatic heterocycles. The second-order valence-corrected chi connectivity index (χ2v) is 6.56. The second-order valence-electron chi connectivity index (χ2n) is 6.56. The van der Waals surface area contributed by atoms with Crippen molar-refractivity contribution in [3.63, 3.8) is 0 Å². The van der Waals surface area contributed by atoms with Crippen molar-refractivity contribution in [3.05, 3.63) is 12.3 Å². The molecular formula is C15H25K2N5O5. The zero-order chi connectivity index (χ0) is 19.0. The van der Waals surface area contributed by atoms with Crippen LogP contribution in [0, 0.1) is 0 Å². The predicted octanol–water partition coefficient (Wildman–Crippen LogP) is -7.42. The fraction of sp³-hybridized carbons (Fsp3) is 0.667. The zero-order valence-corrected chi connectivity index (χ0v) is 23.1. The normalized spacial score (nSPS) is 14.1. The van der Waals surface area contributed by atoms with Crippen LogP contribution in [0.25, 0.3) is 0 Å². The van der Waals surface area contributed by atoms with Gasteiger partial charge in [0.05, 0.1) is 6.54 Å². The molecule has 0 radical (unpaired) electrons. The first-order chi connectivity index (χ1) is 11.6. The van der Waals surface area contributed by atoms with E-state index in [0.717, 1.165) is 26.2 Å². The third-order valence-corrected chi connectivity index (χ3v) is 3.33. The SMILES string of the molecule is CC(C)(C)OC(=O)N1CCN(CCn2ccc(N)n2)CC1.O=C([O-])[O-].[K+].[K+]. The van der Waals surface area contributed by atoms with Crippen molar-refractivity contribution < 1.29 is 127 Å². The molecule has 2 N–H and O–H groups in total. The molecule has 10 nitrogen and oxygen atoms in total. The van der Waals surface area contributed by atoms with Crippen molar-refractivity contribution in [1.29, 1.82) is 0 Å². The smallest absolute Gasteiger partial charge is 0.652 e. The first-order valence-electron chi connectivity index (χ1n) is 7.94. The Labute approximate surface area is 244 Å². The molecule has 27 heavy (non-hydrogen) atoms. The molecule has 0 unspecified atom stereocenters. The van der Waals surface area contributed by atoms with Gasteiger partial charge in [0.25, 0.3) is 0 Å². The Morgan fingerprint density at radius 2 is 1.67 bits per heavy atom. The summed E-state index contributed by atoms with van der Waals surface area (Å²) in [4.78, 5) is 24.4. The van der Waals surface area contributed by atoms with Crippen molar-refractivity contribution >= 4 is 18.1 Å². The number of rotatable bonds is 3. The Kier molecular flexibility index (Phi) is 16.3. The van der Waals surface area contributed by atoms with Gasteiger partial charge in [-0.05, 0) is 33.0 Å². The number of amides is 1. The summed E-state index contributed by atoms with van der Waals surface area (Å²) in [6.45, 7) is 10.5. The van der Waals surface area contributed by atoms with Crippen LogP contribution in [0.2, 0.25) is 0 Å². The number of hydrogen-bond donors (Lipinski definition) is 1. The fourth-order valence-electron chi connectivity index (χ4n) is 2.23. The van der Waals surface area contributed by atoms with E-state index in [4.69, 9.17) is 25.5 Å². The zero-order valence-electron chi connectivity index (χ0n) is 16.8. The van der Waals surface area contributed by atoms with Gasteiger partial charge in [-0.2, -0.15) is 5.10 Å². The largest absolute Gasteiger partial charge is 1.00 e. The number of ether oxygens (including phenoxy) is 1. The van der Waals surface area contributed by atoms with Gasteiger partial charge in [-0.15, -0.1) is 0 Å². The molecule has 1 fully saturated rings. The van der Waals surface area contributed by atoms with Crippen LogP contribution >= 0.6 is 0 Å². The third-order valence-electron chi connectivity index (χ3n) is 3.33. The van der Waals surface area contributed by atoms with Crippen LogP contribution in [0.1, 0.15) is 20.8 Å². The number of carbonyl (C=O) groups excluding carboxylic acids is 2. The Morgan fingerprint density at radius 1 is 1.15 bits per heavy atom. The molecule has 1 aromatic rings. The maximum absolute atomic E-state index is 12.0. The van der Waals surface area contributed by atoms with Crippen molar-refractivity contribution in [3.8, 4) is 0 Å². The molecule has 2 rings (SSSR count). The molecule has 2 heterocycles. The fourth-order valence-corrected chi connectivity index (χ4v) is 2.23. The summed E-state index contributed by atoms with van der Waals surface area (Å²) in [5, 5.41) is 20.8. The second kappa shape index (κ2) is 14.7. The summed E-state index contributed by atoms with van der Waals surface area (Å²) < 4.78 is 7.23. The Hall–Kier alpha value is 0.783. The van der Waals surface area contributed by atoms with Gasteiger partial charge < -0.3 is 30.4 Å². The number of nitrogens with two attached hydrogens (primary N) is 1. The minimum atomic E-state index is -2.33. The molecule has 1 aromatic heterocycles. The van der Waals surface area contributed by atoms with Crippen LogP contribution in [0.15, 0.2) is 12.3 Å². The Morgan fingerprint density at radius 3 is 2.07 bits per heavy atom. The first-order valence-corrected chi connectivity index (χ1v) is 7.94. The van der Waals surface area contributed by atoms with E-state index in [0.29, 0.717) is 18.9 Å². The minimum Gasteiger partial charge on any atom is -0.652 e. The first kappa shape index (κ1) is 30.0. The van der Waals surface area contributed by atoms with E-state index in [1.54, 1.807) is 11.0 Å². The average molecular weight is 434 g/mol. The van der Waals surface area contributed by atoms with Crippen molar-refractivity contribution in [2.75, 3.05) is 38.5 Å². The maximum atomic E-state index is 12.0. The number of hydrogen-bond acceptors (Lipinski definition) is 8. The van der Waals surface area contributed by atoms with E-state index in [2.05, 4.69) is 10.00 Å². The number of carboxylic acid groups (broad SMARTS) is 2. The van der Waals surface area contributed by atoms with Crippen molar-refractivity contribution in [1.82, 2.24) is 19.6 Å². The van der Waals surface area contributed by atoms with E-state index < -0.39 is 11.8 Å². The van der Waals surface area contributed by atoms with Crippen LogP contribution in [-0.2, 0) is 11.3 Å². The summed E-state index contributed by atoms with van der Waals surface area (Å²) in [5.74, 6) is 0.546. The van der Waals surface area contributed by atoms with Crippen molar-refractivity contribution in [2.24, 2.45) is 0 Å². The Bertz CT molecular complexity index is 567. The molecule has 0 saturated carbocycles. The van der Waals surface area contributed by atoms with E-state index in [1.807, 2.05) is 31.6 Å². The minimum absolute atomic E-state index is 0. The molecule has 1 saturated heterocycles. The summed E-state index contributed by atoms with van der Waals surface area (Å²) in [7, 11) is 0. The molecule has 0 atom stereocenters. The van der Waals surface area contributed by atoms with E-state index in [-0.39, 0.29) is 109 Å². The monoisotopic (exact) mass is 433 g/mol. The number of carbonyl (C=O) groups is 2. The predicted molar refractivity (Wildman–Crippen MR) is 86.3 cm³/mol. The van der Waals surface area contributed by atoms with Gasteiger partial charge in [-0.1, -0.05) is 0 Å². The van der Waals surface area contributed by atoms with E-state index in [9.17, 15) is 4.79 Å². The standard InChI is InChI=1S/C14H25N5O2.CH2O3.2K/c1-14(2,3)21-13(20)18-9-6-17(7-10-18)8-11-19-5-4-12(15)16-19;2-1(3)4;;/h4-5H,6-11H2,1-3H3,(H2,15,16);(H2,2,3,4);;/q;;2*+1/p-2. The molecule has 0 aromatic carbocycles. The topological polar surface area (TPSA) is 140 Å². The molecule has 0 spiro atoms. The van der Waals surface area contributed by atoms with E-state index in [1.165, 1.54) is 0 Å². The van der Waals surface area contributed by atoms with Gasteiger partial charge in [0.1, 0.15) is 11.4 Å². The molecule has 0 bridgehead atoms. The number of piperazine rings is 1. The quantitative estimate of drug-likeness (QED) is 0.464. The van der Waals surface area contributed by atoms with E-state index >= 15 is 0 Å². The summed E-state index contributed by atoms with van der Waals surface area (Å²) in [5.41, 5.74) is 5.15. The van der Waals surface area contributed by atoms with Gasteiger partial charge in [0.2, 0.25) is 0 Å². The molecule has 1 amide bonds. The molecule has 0 aliphatic carbocycles. The maximum Gasteiger partial charge on any atom is 1.00 e. The molecule has 12 heteroatoms. The molecular weight excluding hydrogens is 408 g/mol. The third kappa shape index (κ3) is 14.4. The Balaban J connectivity index is 0. The summed E-state index contributed by atoms with van der Waals surface area (Å²) in [6, 6.07) is 1.79. The summed E-state index contributed by atoms with van der Waals surface area (Å²) in [6.07, 6.45) is -0.672. The number of anilines is 1. The van der Waals surface area contributed by atoms with Crippen LogP contribution in [0.5, 0.6) is 0 Å². The summed E-state index contributed by atoms with van der Waals surface area (Å²) >= 11 is 0. The molecule has 142 valence electrons. The number of nitrogen functional groups attached to an aromatic ring is 1. The van der Waals surface area contributed by atoms with Crippen LogP contribution in [-0.4, -0.2) is 70.2 Å². The average Bonchev–Trinajstić information content (AvgIpc) is 2.89. The van der Waals surface area contributed by atoms with Crippen LogP contribution in [0.3, 0.4) is 0 Å². The molecule has 1 aliphatic rings. The van der Waals surface area contributed by atoms with Gasteiger partial charge in [-0.25, -0.2) is 4.79 Å². The number of nitrogens with zero attached hydrogens (tertiary/aromatic N) is 4. The van der Waals surface area contributed by atoms with Gasteiger partial charge >= 0.3 is 109 Å². The van der Waals surface area contributed by atoms with Gasteiger partial charge in [0.15, 0.2) is 0 Å². The van der Waals surface area contributed by atoms with Crippen molar-refractivity contribution in [2.45, 2.75) is 32.9 Å². The van der Waals surface area contributed by atoms with Gasteiger partial charge in [-0.3, -0.25) is 9.58 Å².